The van der Waals surface area contributed by atoms with Gasteiger partial charge in [-0.3, -0.25) is 4.79 Å². The number of hydrogen-bond donors (Lipinski definition) is 2. The summed E-state index contributed by atoms with van der Waals surface area (Å²) in [7, 11) is 1.22. The molecular formula is C17H22N2O4. The van der Waals surface area contributed by atoms with E-state index in [1.165, 1.54) is 7.11 Å². The van der Waals surface area contributed by atoms with Gasteiger partial charge in [0.15, 0.2) is 0 Å². The van der Waals surface area contributed by atoms with Crippen molar-refractivity contribution in [3.63, 3.8) is 0 Å². The Kier molecular flexibility index (Phi) is 7.23. The van der Waals surface area contributed by atoms with E-state index >= 15 is 0 Å². The van der Waals surface area contributed by atoms with E-state index in [2.05, 4.69) is 5.32 Å². The second kappa shape index (κ2) is 8.91. The Balaban J connectivity index is 2.87. The van der Waals surface area contributed by atoms with E-state index in [1.807, 2.05) is 19.9 Å². The van der Waals surface area contributed by atoms with Crippen molar-refractivity contribution in [1.29, 1.82) is 5.26 Å². The number of rotatable bonds is 7. The van der Waals surface area contributed by atoms with Crippen molar-refractivity contribution < 1.29 is 19.4 Å². The second-order valence-electron chi connectivity index (χ2n) is 5.70. The molecule has 124 valence electrons. The van der Waals surface area contributed by atoms with E-state index in [4.69, 9.17) is 10.00 Å². The normalized spacial score (nSPS) is 13.0. The summed E-state index contributed by atoms with van der Waals surface area (Å²) in [5.74, 6) is -1.10. The van der Waals surface area contributed by atoms with Crippen molar-refractivity contribution in [3.8, 4) is 6.07 Å². The molecule has 2 N–H and O–H groups in total. The molecule has 6 heteroatoms. The van der Waals surface area contributed by atoms with Crippen LogP contribution in [0.2, 0.25) is 0 Å². The maximum Gasteiger partial charge on any atom is 0.328 e. The molecule has 0 saturated carbocycles. The number of nitriles is 1. The zero-order valence-electron chi connectivity index (χ0n) is 13.6. The number of carbonyl (C=O) groups excluding carboxylic acids is 2. The topological polar surface area (TPSA) is 99.4 Å². The van der Waals surface area contributed by atoms with Gasteiger partial charge < -0.3 is 15.2 Å². The summed E-state index contributed by atoms with van der Waals surface area (Å²) in [5.41, 5.74) is 1.06. The quantitative estimate of drug-likeness (QED) is 0.735. The van der Waals surface area contributed by atoms with Crippen LogP contribution in [0.5, 0.6) is 0 Å². The molecule has 0 heterocycles. The van der Waals surface area contributed by atoms with E-state index < -0.39 is 24.0 Å². The van der Waals surface area contributed by atoms with Gasteiger partial charge in [-0.05, 0) is 24.0 Å². The third kappa shape index (κ3) is 5.72. The van der Waals surface area contributed by atoms with Crippen LogP contribution >= 0.6 is 0 Å². The van der Waals surface area contributed by atoms with Crippen LogP contribution in [0.15, 0.2) is 24.3 Å². The van der Waals surface area contributed by atoms with Gasteiger partial charge in [-0.1, -0.05) is 32.0 Å². The van der Waals surface area contributed by atoms with Crippen molar-refractivity contribution in [3.05, 3.63) is 35.4 Å². The molecule has 1 rings (SSSR count). The lowest BCUT2D eigenvalue weighted by Gasteiger charge is -2.20. The molecule has 0 fully saturated rings. The predicted octanol–water partition coefficient (Wildman–Crippen LogP) is 1.17. The third-order valence-corrected chi connectivity index (χ3v) is 3.36. The number of nitrogens with zero attached hydrogens (tertiary/aromatic N) is 1. The van der Waals surface area contributed by atoms with E-state index in [-0.39, 0.29) is 12.3 Å². The predicted molar refractivity (Wildman–Crippen MR) is 84.3 cm³/mol. The maximum absolute atomic E-state index is 12.0. The van der Waals surface area contributed by atoms with Gasteiger partial charge >= 0.3 is 5.97 Å². The monoisotopic (exact) mass is 318 g/mol. The Bertz CT molecular complexity index is 593. The lowest BCUT2D eigenvalue weighted by atomic mass is 10.00. The van der Waals surface area contributed by atoms with Gasteiger partial charge in [-0.2, -0.15) is 5.26 Å². The Morgan fingerprint density at radius 1 is 1.35 bits per heavy atom. The molecule has 1 aromatic rings. The summed E-state index contributed by atoms with van der Waals surface area (Å²) < 4.78 is 4.70. The lowest BCUT2D eigenvalue weighted by molar-refractivity contribution is -0.146. The smallest absolute Gasteiger partial charge is 0.328 e. The minimum atomic E-state index is -1.19. The zero-order chi connectivity index (χ0) is 17.4. The largest absolute Gasteiger partial charge is 0.467 e. The van der Waals surface area contributed by atoms with Gasteiger partial charge in [-0.15, -0.1) is 0 Å². The van der Waals surface area contributed by atoms with Crippen LogP contribution in [0.4, 0.5) is 0 Å². The average Bonchev–Trinajstić information content (AvgIpc) is 2.53. The molecule has 2 atom stereocenters. The Labute approximate surface area is 136 Å². The highest BCUT2D eigenvalue weighted by molar-refractivity contribution is 5.87. The second-order valence-corrected chi connectivity index (χ2v) is 5.70. The van der Waals surface area contributed by atoms with Crippen molar-refractivity contribution in [2.45, 2.75) is 38.8 Å². The first-order valence-electron chi connectivity index (χ1n) is 7.43. The van der Waals surface area contributed by atoms with E-state index in [0.29, 0.717) is 17.5 Å². The zero-order valence-corrected chi connectivity index (χ0v) is 13.6. The van der Waals surface area contributed by atoms with E-state index in [1.54, 1.807) is 24.3 Å². The average molecular weight is 318 g/mol. The lowest BCUT2D eigenvalue weighted by Crippen LogP contribution is -2.47. The first-order chi connectivity index (χ1) is 10.9. The van der Waals surface area contributed by atoms with Crippen LogP contribution in [0.3, 0.4) is 0 Å². The summed E-state index contributed by atoms with van der Waals surface area (Å²) in [6, 6.07) is 7.91. The molecule has 0 saturated heterocycles. The Hall–Kier alpha value is -2.39. The maximum atomic E-state index is 12.0. The third-order valence-electron chi connectivity index (χ3n) is 3.36. The number of amides is 1. The number of aliphatic hydroxyl groups is 1. The van der Waals surface area contributed by atoms with Gasteiger partial charge in [0.2, 0.25) is 5.91 Å². The molecule has 23 heavy (non-hydrogen) atoms. The number of esters is 1. The molecule has 0 spiro atoms. The summed E-state index contributed by atoms with van der Waals surface area (Å²) in [6.45, 7) is 3.77. The Morgan fingerprint density at radius 3 is 2.57 bits per heavy atom. The minimum Gasteiger partial charge on any atom is -0.467 e. The Morgan fingerprint density at radius 2 is 2.00 bits per heavy atom. The molecule has 0 unspecified atom stereocenters. The standard InChI is InChI=1S/C17H22N2O4/c1-11(2)8-15(20)16(21)19-14(17(22)23-3)9-12-6-4-5-7-13(12)10-18/h4-7,11,14-15,20H,8-9H2,1-3H3,(H,19,21)/t14-,15-/m0/s1. The summed E-state index contributed by atoms with van der Waals surface area (Å²) >= 11 is 0. The molecular weight excluding hydrogens is 296 g/mol. The minimum absolute atomic E-state index is 0.122. The SMILES string of the molecule is COC(=O)[C@H](Cc1ccccc1C#N)NC(=O)[C@@H](O)CC(C)C. The molecule has 0 aliphatic heterocycles. The highest BCUT2D eigenvalue weighted by atomic mass is 16.5. The van der Waals surface area contributed by atoms with Crippen LogP contribution < -0.4 is 5.32 Å². The molecule has 1 aromatic carbocycles. The van der Waals surface area contributed by atoms with Crippen molar-refractivity contribution in [2.24, 2.45) is 5.92 Å². The highest BCUT2D eigenvalue weighted by Crippen LogP contribution is 2.12. The fourth-order valence-electron chi connectivity index (χ4n) is 2.18. The van der Waals surface area contributed by atoms with Crippen molar-refractivity contribution >= 4 is 11.9 Å². The van der Waals surface area contributed by atoms with Crippen molar-refractivity contribution in [1.82, 2.24) is 5.32 Å². The number of nitrogens with one attached hydrogen (secondary N) is 1. The van der Waals surface area contributed by atoms with E-state index in [9.17, 15) is 14.7 Å². The summed E-state index contributed by atoms with van der Waals surface area (Å²) in [5, 5.41) is 21.4. The number of methoxy groups -OCH3 is 1. The van der Waals surface area contributed by atoms with Gasteiger partial charge in [0.1, 0.15) is 12.1 Å². The van der Waals surface area contributed by atoms with Gasteiger partial charge in [0.25, 0.3) is 0 Å². The number of aliphatic hydroxyl groups excluding tert-OH is 1. The van der Waals surface area contributed by atoms with Crippen molar-refractivity contribution in [2.75, 3.05) is 7.11 Å². The van der Waals surface area contributed by atoms with Crippen LogP contribution in [0.25, 0.3) is 0 Å². The van der Waals surface area contributed by atoms with Gasteiger partial charge in [0, 0.05) is 6.42 Å². The molecule has 0 bridgehead atoms. The number of benzene rings is 1. The molecule has 1 amide bonds. The molecule has 0 aliphatic rings. The first kappa shape index (κ1) is 18.7. The molecule has 0 aliphatic carbocycles. The fourth-order valence-corrected chi connectivity index (χ4v) is 2.18. The van der Waals surface area contributed by atoms with E-state index in [0.717, 1.165) is 0 Å². The first-order valence-corrected chi connectivity index (χ1v) is 7.43. The number of hydrogen-bond acceptors (Lipinski definition) is 5. The molecule has 6 nitrogen and oxygen atoms in total. The molecule has 0 radical (unpaired) electrons. The summed E-state index contributed by atoms with van der Waals surface area (Å²) in [6.07, 6.45) is -0.765. The van der Waals surface area contributed by atoms with Crippen LogP contribution in [0.1, 0.15) is 31.4 Å². The van der Waals surface area contributed by atoms with Gasteiger partial charge in [-0.25, -0.2) is 4.79 Å². The van der Waals surface area contributed by atoms with Crippen LogP contribution in [-0.2, 0) is 20.7 Å². The number of ether oxygens (including phenoxy) is 1. The summed E-state index contributed by atoms with van der Waals surface area (Å²) in [4.78, 5) is 23.9. The molecule has 0 aromatic heterocycles. The highest BCUT2D eigenvalue weighted by Gasteiger charge is 2.26. The van der Waals surface area contributed by atoms with Gasteiger partial charge in [0.05, 0.1) is 18.7 Å². The van der Waals surface area contributed by atoms with Crippen LogP contribution in [0, 0.1) is 17.2 Å². The number of carbonyl (C=O) groups is 2. The fraction of sp³-hybridized carbons (Fsp3) is 0.471. The van der Waals surface area contributed by atoms with Crippen LogP contribution in [-0.4, -0.2) is 36.2 Å².